The lowest BCUT2D eigenvalue weighted by molar-refractivity contribution is -0.113. The fraction of sp³-hybridized carbons (Fsp3) is 0.133. The van der Waals surface area contributed by atoms with Crippen LogP contribution in [-0.2, 0) is 4.79 Å². The van der Waals surface area contributed by atoms with E-state index in [4.69, 9.17) is 16.3 Å². The largest absolute Gasteiger partial charge is 0.497 e. The van der Waals surface area contributed by atoms with Gasteiger partial charge in [0, 0.05) is 9.92 Å². The van der Waals surface area contributed by atoms with E-state index in [-0.39, 0.29) is 22.4 Å². The maximum atomic E-state index is 13.5. The third-order valence-corrected chi connectivity index (χ3v) is 3.88. The zero-order valence-electron chi connectivity index (χ0n) is 11.2. The first kappa shape index (κ1) is 15.7. The monoisotopic (exact) mass is 325 g/mol. The fourth-order valence-corrected chi connectivity index (χ4v) is 2.46. The molecule has 0 aromatic heterocycles. The molecular formula is C15H13ClFNO2S. The van der Waals surface area contributed by atoms with Gasteiger partial charge in [-0.05, 0) is 42.5 Å². The second-order valence-corrected chi connectivity index (χ2v) is 5.62. The number of hydrogen-bond acceptors (Lipinski definition) is 3. The maximum absolute atomic E-state index is 13.5. The van der Waals surface area contributed by atoms with E-state index < -0.39 is 5.82 Å². The van der Waals surface area contributed by atoms with Crippen molar-refractivity contribution in [2.45, 2.75) is 4.90 Å². The zero-order valence-corrected chi connectivity index (χ0v) is 12.8. The summed E-state index contributed by atoms with van der Waals surface area (Å²) >= 11 is 7.01. The SMILES string of the molecule is COc1ccc(SCC(=O)Nc2ccc(Cl)cc2F)cc1. The summed E-state index contributed by atoms with van der Waals surface area (Å²) in [6.45, 7) is 0. The summed E-state index contributed by atoms with van der Waals surface area (Å²) in [7, 11) is 1.59. The minimum absolute atomic E-state index is 0.125. The first-order chi connectivity index (χ1) is 10.1. The predicted molar refractivity (Wildman–Crippen MR) is 83.8 cm³/mol. The van der Waals surface area contributed by atoms with Crippen molar-refractivity contribution in [2.24, 2.45) is 0 Å². The topological polar surface area (TPSA) is 38.3 Å². The van der Waals surface area contributed by atoms with Crippen LogP contribution in [0.4, 0.5) is 10.1 Å². The van der Waals surface area contributed by atoms with E-state index in [1.165, 1.54) is 23.9 Å². The summed E-state index contributed by atoms with van der Waals surface area (Å²) in [4.78, 5) is 12.7. The Bertz CT molecular complexity index is 634. The molecule has 0 saturated heterocycles. The van der Waals surface area contributed by atoms with Gasteiger partial charge in [0.1, 0.15) is 11.6 Å². The highest BCUT2D eigenvalue weighted by atomic mass is 35.5. The van der Waals surface area contributed by atoms with E-state index >= 15 is 0 Å². The van der Waals surface area contributed by atoms with Crippen LogP contribution in [0.15, 0.2) is 47.4 Å². The number of ether oxygens (including phenoxy) is 1. The normalized spacial score (nSPS) is 10.2. The second-order valence-electron chi connectivity index (χ2n) is 4.14. The van der Waals surface area contributed by atoms with E-state index in [9.17, 15) is 9.18 Å². The molecule has 0 saturated carbocycles. The Hall–Kier alpha value is -1.72. The molecule has 3 nitrogen and oxygen atoms in total. The minimum Gasteiger partial charge on any atom is -0.497 e. The first-order valence-corrected chi connectivity index (χ1v) is 7.46. The second kappa shape index (κ2) is 7.33. The summed E-state index contributed by atoms with van der Waals surface area (Å²) in [6.07, 6.45) is 0. The molecule has 0 bridgehead atoms. The Labute approximate surface area is 131 Å². The van der Waals surface area contributed by atoms with Gasteiger partial charge in [-0.3, -0.25) is 4.79 Å². The molecule has 0 spiro atoms. The van der Waals surface area contributed by atoms with Gasteiger partial charge < -0.3 is 10.1 Å². The molecule has 2 aromatic rings. The molecule has 0 fully saturated rings. The van der Waals surface area contributed by atoms with Gasteiger partial charge in [0.25, 0.3) is 0 Å². The highest BCUT2D eigenvalue weighted by Crippen LogP contribution is 2.22. The molecule has 0 heterocycles. The van der Waals surface area contributed by atoms with Gasteiger partial charge in [-0.1, -0.05) is 11.6 Å². The van der Waals surface area contributed by atoms with Crippen molar-refractivity contribution < 1.29 is 13.9 Å². The van der Waals surface area contributed by atoms with Gasteiger partial charge >= 0.3 is 0 Å². The number of carbonyl (C=O) groups is 1. The number of thioether (sulfide) groups is 1. The van der Waals surface area contributed by atoms with E-state index in [0.29, 0.717) is 0 Å². The van der Waals surface area contributed by atoms with Gasteiger partial charge in [-0.25, -0.2) is 4.39 Å². The number of methoxy groups -OCH3 is 1. The van der Waals surface area contributed by atoms with Gasteiger partial charge in [-0.2, -0.15) is 0 Å². The number of nitrogens with one attached hydrogen (secondary N) is 1. The Balaban J connectivity index is 1.89. The number of anilines is 1. The van der Waals surface area contributed by atoms with Crippen LogP contribution in [0.2, 0.25) is 5.02 Å². The Morgan fingerprint density at radius 3 is 2.62 bits per heavy atom. The van der Waals surface area contributed by atoms with Gasteiger partial charge in [0.15, 0.2) is 0 Å². The lowest BCUT2D eigenvalue weighted by atomic mass is 10.3. The van der Waals surface area contributed by atoms with Crippen LogP contribution >= 0.6 is 23.4 Å². The number of rotatable bonds is 5. The van der Waals surface area contributed by atoms with Crippen molar-refractivity contribution in [3.63, 3.8) is 0 Å². The highest BCUT2D eigenvalue weighted by molar-refractivity contribution is 8.00. The van der Waals surface area contributed by atoms with Crippen molar-refractivity contribution in [1.82, 2.24) is 0 Å². The fourth-order valence-electron chi connectivity index (χ4n) is 1.60. The lowest BCUT2D eigenvalue weighted by Crippen LogP contribution is -2.14. The molecule has 0 aliphatic carbocycles. The zero-order chi connectivity index (χ0) is 15.2. The first-order valence-electron chi connectivity index (χ1n) is 6.10. The van der Waals surface area contributed by atoms with Crippen LogP contribution < -0.4 is 10.1 Å². The highest BCUT2D eigenvalue weighted by Gasteiger charge is 2.08. The number of hydrogen-bond donors (Lipinski definition) is 1. The van der Waals surface area contributed by atoms with Crippen LogP contribution in [0, 0.1) is 5.82 Å². The van der Waals surface area contributed by atoms with Crippen LogP contribution in [0.3, 0.4) is 0 Å². The molecule has 21 heavy (non-hydrogen) atoms. The van der Waals surface area contributed by atoms with Crippen LogP contribution in [0.1, 0.15) is 0 Å². The molecule has 0 radical (unpaired) electrons. The average molecular weight is 326 g/mol. The summed E-state index contributed by atoms with van der Waals surface area (Å²) in [6, 6.07) is 11.5. The van der Waals surface area contributed by atoms with Crippen molar-refractivity contribution in [3.8, 4) is 5.75 Å². The number of amides is 1. The summed E-state index contributed by atoms with van der Waals surface area (Å²) in [5.41, 5.74) is 0.125. The third-order valence-electron chi connectivity index (χ3n) is 2.63. The molecule has 1 amide bonds. The number of halogens is 2. The van der Waals surface area contributed by atoms with E-state index in [2.05, 4.69) is 5.32 Å². The molecule has 0 unspecified atom stereocenters. The quantitative estimate of drug-likeness (QED) is 0.836. The van der Waals surface area contributed by atoms with Crippen LogP contribution in [-0.4, -0.2) is 18.8 Å². The molecular weight excluding hydrogens is 313 g/mol. The van der Waals surface area contributed by atoms with Crippen molar-refractivity contribution in [3.05, 3.63) is 53.3 Å². The van der Waals surface area contributed by atoms with Crippen molar-refractivity contribution in [1.29, 1.82) is 0 Å². The molecule has 2 aromatic carbocycles. The maximum Gasteiger partial charge on any atom is 0.234 e. The lowest BCUT2D eigenvalue weighted by Gasteiger charge is -2.07. The summed E-state index contributed by atoms with van der Waals surface area (Å²) in [5.74, 6) is 0.114. The smallest absolute Gasteiger partial charge is 0.234 e. The number of carbonyl (C=O) groups excluding carboxylic acids is 1. The molecule has 2 rings (SSSR count). The average Bonchev–Trinajstić information content (AvgIpc) is 2.48. The van der Waals surface area contributed by atoms with Gasteiger partial charge in [0.05, 0.1) is 18.6 Å². The van der Waals surface area contributed by atoms with E-state index in [0.717, 1.165) is 16.7 Å². The van der Waals surface area contributed by atoms with E-state index in [1.807, 2.05) is 24.3 Å². The Morgan fingerprint density at radius 2 is 2.00 bits per heavy atom. The van der Waals surface area contributed by atoms with Crippen molar-refractivity contribution >= 4 is 35.0 Å². The van der Waals surface area contributed by atoms with E-state index in [1.54, 1.807) is 7.11 Å². The minimum atomic E-state index is -0.551. The standard InChI is InChI=1S/C15H13ClFNO2S/c1-20-11-3-5-12(6-4-11)21-9-15(19)18-14-7-2-10(16)8-13(14)17/h2-8H,9H2,1H3,(H,18,19). The third kappa shape index (κ3) is 4.65. The molecule has 1 N–H and O–H groups in total. The summed E-state index contributed by atoms with van der Waals surface area (Å²) < 4.78 is 18.6. The Kier molecular flexibility index (Phi) is 5.47. The summed E-state index contributed by atoms with van der Waals surface area (Å²) in [5, 5.41) is 2.80. The molecule has 0 atom stereocenters. The molecule has 6 heteroatoms. The molecule has 0 aliphatic rings. The van der Waals surface area contributed by atoms with Crippen molar-refractivity contribution in [2.75, 3.05) is 18.2 Å². The predicted octanol–water partition coefficient (Wildman–Crippen LogP) is 4.22. The molecule has 0 aliphatic heterocycles. The Morgan fingerprint density at radius 1 is 1.29 bits per heavy atom. The number of benzene rings is 2. The van der Waals surface area contributed by atoms with Gasteiger partial charge in [0.2, 0.25) is 5.91 Å². The van der Waals surface area contributed by atoms with Gasteiger partial charge in [-0.15, -0.1) is 11.8 Å². The molecule has 110 valence electrons. The van der Waals surface area contributed by atoms with Crippen LogP contribution in [0.5, 0.6) is 5.75 Å². The van der Waals surface area contributed by atoms with Crippen LogP contribution in [0.25, 0.3) is 0 Å².